The van der Waals surface area contributed by atoms with E-state index in [-0.39, 0.29) is 40.6 Å². The van der Waals surface area contributed by atoms with Gasteiger partial charge in [0.15, 0.2) is 34.0 Å². The summed E-state index contributed by atoms with van der Waals surface area (Å²) in [6.07, 6.45) is -1.67. The number of aliphatic hydroxyl groups is 1. The highest BCUT2D eigenvalue weighted by molar-refractivity contribution is 7.26. The zero-order valence-electron chi connectivity index (χ0n) is 26.9. The second-order valence-electron chi connectivity index (χ2n) is 11.0. The third-order valence-electron chi connectivity index (χ3n) is 9.55. The Kier molecular flexibility index (Phi) is 18.7. The van der Waals surface area contributed by atoms with Crippen molar-refractivity contribution in [1.29, 1.82) is 5.26 Å². The lowest BCUT2D eigenvalue weighted by Gasteiger charge is -2.52. The Morgan fingerprint density at radius 1 is 0.650 bits per heavy atom. The molecule has 8 nitrogen and oxygen atoms in total. The fraction of sp³-hybridized carbons (Fsp3) is 0.964. The second-order valence-corrected chi connectivity index (χ2v) is 25.9. The van der Waals surface area contributed by atoms with Crippen molar-refractivity contribution in [2.24, 2.45) is 0 Å². The van der Waals surface area contributed by atoms with Crippen LogP contribution >= 0.6 is 9.03 Å². The number of nitrogens with zero attached hydrogens (tertiary/aromatic N) is 1. The Balaban J connectivity index is 3.62. The van der Waals surface area contributed by atoms with E-state index in [9.17, 15) is 5.11 Å². The average Bonchev–Trinajstić information content (AvgIpc) is 3.00. The molecule has 1 fully saturated rings. The Bertz CT molecular complexity index is 696. The third kappa shape index (κ3) is 10.2. The smallest absolute Gasteiger partial charge is 0.192 e. The molecule has 1 saturated heterocycles. The molecule has 0 aliphatic carbocycles. The molecule has 0 radical (unpaired) electrons. The molecule has 1 aliphatic heterocycles. The Labute approximate surface area is 250 Å². The minimum absolute atomic E-state index is 0.146. The largest absolute Gasteiger partial charge is 0.409 e. The first kappa shape index (κ1) is 38.3. The van der Waals surface area contributed by atoms with Crippen molar-refractivity contribution in [2.75, 3.05) is 19.8 Å². The molecule has 1 heterocycles. The van der Waals surface area contributed by atoms with Gasteiger partial charge in [0.1, 0.15) is 30.5 Å². The number of nitriles is 1. The van der Waals surface area contributed by atoms with Gasteiger partial charge in [-0.15, -0.1) is 0 Å². The SMILES string of the molecule is CC[Si](CC)(CC)O[C@H]1[C@H](O[Si](CC)(CC)CC)[C@@H](CO)OC(COPOCCC#N)[C@H]1O[Si](CC)(CC)CC. The van der Waals surface area contributed by atoms with E-state index in [2.05, 4.69) is 68.4 Å². The molecule has 0 spiro atoms. The normalized spacial score (nSPS) is 24.6. The fourth-order valence-corrected chi connectivity index (χ4v) is 14.9. The van der Waals surface area contributed by atoms with Crippen LogP contribution in [0.15, 0.2) is 0 Å². The minimum atomic E-state index is -2.09. The Hall–Kier alpha value is 0.291. The van der Waals surface area contributed by atoms with Gasteiger partial charge in [0, 0.05) is 0 Å². The van der Waals surface area contributed by atoms with Crippen molar-refractivity contribution in [3.63, 3.8) is 0 Å². The molecule has 1 aliphatic rings. The van der Waals surface area contributed by atoms with Gasteiger partial charge in [-0.25, -0.2) is 0 Å². The number of hydrogen-bond donors (Lipinski definition) is 1. The van der Waals surface area contributed by atoms with E-state index in [1.165, 1.54) is 0 Å². The van der Waals surface area contributed by atoms with Crippen LogP contribution in [-0.2, 0) is 27.1 Å². The van der Waals surface area contributed by atoms with Gasteiger partial charge in [0.25, 0.3) is 0 Å². The Morgan fingerprint density at radius 2 is 1.05 bits per heavy atom. The lowest BCUT2D eigenvalue weighted by molar-refractivity contribution is -0.221. The van der Waals surface area contributed by atoms with E-state index in [0.29, 0.717) is 13.0 Å². The number of ether oxygens (including phenoxy) is 1. The first-order chi connectivity index (χ1) is 19.2. The van der Waals surface area contributed by atoms with Crippen LogP contribution < -0.4 is 0 Å². The zero-order valence-corrected chi connectivity index (χ0v) is 30.9. The third-order valence-corrected chi connectivity index (χ3v) is 24.1. The van der Waals surface area contributed by atoms with Gasteiger partial charge in [0.2, 0.25) is 0 Å². The van der Waals surface area contributed by atoms with Gasteiger partial charge in [0.05, 0.1) is 32.3 Å². The maximum absolute atomic E-state index is 10.6. The topological polar surface area (TPSA) is 99.4 Å². The van der Waals surface area contributed by atoms with Crippen LogP contribution in [0.4, 0.5) is 0 Å². The number of hydrogen-bond acceptors (Lipinski definition) is 8. The van der Waals surface area contributed by atoms with Crippen LogP contribution in [0.25, 0.3) is 0 Å². The summed E-state index contributed by atoms with van der Waals surface area (Å²) in [4.78, 5) is 0. The number of aliphatic hydroxyl groups excluding tert-OH is 1. The molecular formula is C28H60NO7PSi3. The van der Waals surface area contributed by atoms with Crippen molar-refractivity contribution in [1.82, 2.24) is 0 Å². The molecule has 2 unspecified atom stereocenters. The summed E-state index contributed by atoms with van der Waals surface area (Å²) in [5.41, 5.74) is 0. The molecule has 0 aromatic carbocycles. The van der Waals surface area contributed by atoms with E-state index in [1.54, 1.807) is 0 Å². The fourth-order valence-electron chi connectivity index (χ4n) is 5.85. The zero-order chi connectivity index (χ0) is 30.2. The highest BCUT2D eigenvalue weighted by atomic mass is 31.1. The quantitative estimate of drug-likeness (QED) is 0.0746. The van der Waals surface area contributed by atoms with Crippen LogP contribution in [-0.4, -0.2) is 80.4 Å². The van der Waals surface area contributed by atoms with Crippen molar-refractivity contribution in [3.05, 3.63) is 0 Å². The van der Waals surface area contributed by atoms with Gasteiger partial charge in [-0.3, -0.25) is 0 Å². The van der Waals surface area contributed by atoms with Crippen LogP contribution in [0.2, 0.25) is 54.4 Å². The highest BCUT2D eigenvalue weighted by Gasteiger charge is 2.54. The minimum Gasteiger partial charge on any atom is -0.409 e. The van der Waals surface area contributed by atoms with Crippen LogP contribution in [0.5, 0.6) is 0 Å². The predicted molar refractivity (Wildman–Crippen MR) is 172 cm³/mol. The summed E-state index contributed by atoms with van der Waals surface area (Å²) in [5, 5.41) is 19.4. The van der Waals surface area contributed by atoms with Crippen molar-refractivity contribution in [2.45, 2.75) is 154 Å². The van der Waals surface area contributed by atoms with Gasteiger partial charge in [-0.1, -0.05) is 62.3 Å². The molecule has 40 heavy (non-hydrogen) atoms. The van der Waals surface area contributed by atoms with Crippen molar-refractivity contribution in [3.8, 4) is 6.07 Å². The van der Waals surface area contributed by atoms with Gasteiger partial charge >= 0.3 is 0 Å². The van der Waals surface area contributed by atoms with Crippen LogP contribution in [0.3, 0.4) is 0 Å². The van der Waals surface area contributed by atoms with Crippen molar-refractivity contribution >= 4 is 34.0 Å². The Morgan fingerprint density at radius 3 is 1.43 bits per heavy atom. The maximum atomic E-state index is 10.6. The molecule has 0 aromatic heterocycles. The van der Waals surface area contributed by atoms with E-state index < -0.39 is 37.2 Å². The molecule has 1 N–H and O–H groups in total. The first-order valence-corrected chi connectivity index (χ1v) is 24.3. The lowest BCUT2D eigenvalue weighted by atomic mass is 9.95. The van der Waals surface area contributed by atoms with Gasteiger partial charge < -0.3 is 32.2 Å². The average molecular weight is 638 g/mol. The molecule has 0 bridgehead atoms. The van der Waals surface area contributed by atoms with E-state index in [1.807, 2.05) is 0 Å². The summed E-state index contributed by atoms with van der Waals surface area (Å²) in [7, 11) is -6.42. The molecule has 0 aromatic rings. The molecule has 236 valence electrons. The lowest BCUT2D eigenvalue weighted by Crippen LogP contribution is -2.67. The first-order valence-electron chi connectivity index (χ1n) is 15.9. The van der Waals surface area contributed by atoms with E-state index >= 15 is 0 Å². The summed E-state index contributed by atoms with van der Waals surface area (Å²) in [5.74, 6) is 0. The molecule has 6 atom stereocenters. The van der Waals surface area contributed by atoms with Crippen molar-refractivity contribution < 1.29 is 32.2 Å². The van der Waals surface area contributed by atoms with E-state index in [4.69, 9.17) is 32.3 Å². The molecular weight excluding hydrogens is 578 g/mol. The summed E-state index contributed by atoms with van der Waals surface area (Å²) in [6.45, 7) is 20.6. The molecule has 1 rings (SSSR count). The highest BCUT2D eigenvalue weighted by Crippen LogP contribution is 2.39. The van der Waals surface area contributed by atoms with Gasteiger partial charge in [-0.05, 0) is 54.4 Å². The summed E-state index contributed by atoms with van der Waals surface area (Å²) >= 11 is 0. The summed E-state index contributed by atoms with van der Waals surface area (Å²) in [6, 6.07) is 11.2. The molecule has 0 saturated carbocycles. The standard InChI is InChI=1S/C28H60NO7PSi3/c1-10-38(11-2,12-3)34-26-24(22-30)33-25(23-32-37-31-21-19-20-29)27(35-39(13-4,14-5)15-6)28(26)36-40(16-7,17-8)18-9/h24-28,30,37H,10-19,21-23H2,1-9H3/t24-,25?,26-,27-,28+/m1/s1. The second kappa shape index (κ2) is 19.5. The monoisotopic (exact) mass is 637 g/mol. The molecule has 12 heteroatoms. The van der Waals surface area contributed by atoms with Crippen LogP contribution in [0, 0.1) is 11.3 Å². The van der Waals surface area contributed by atoms with Crippen LogP contribution in [0.1, 0.15) is 68.7 Å². The number of rotatable bonds is 22. The summed E-state index contributed by atoms with van der Waals surface area (Å²) < 4.78 is 39.9. The van der Waals surface area contributed by atoms with Gasteiger partial charge in [-0.2, -0.15) is 5.26 Å². The maximum Gasteiger partial charge on any atom is 0.192 e. The molecule has 0 amide bonds. The predicted octanol–water partition coefficient (Wildman–Crippen LogP) is 7.37. The van der Waals surface area contributed by atoms with E-state index in [0.717, 1.165) is 54.4 Å².